The molecule has 0 aromatic carbocycles. The molecule has 0 spiro atoms. The van der Waals surface area contributed by atoms with Crippen molar-refractivity contribution >= 4 is 21.9 Å². The topological polar surface area (TPSA) is 105 Å². The van der Waals surface area contributed by atoms with E-state index in [2.05, 4.69) is 9.82 Å². The highest BCUT2D eigenvalue weighted by Gasteiger charge is 2.27. The highest BCUT2D eigenvalue weighted by molar-refractivity contribution is 7.90. The van der Waals surface area contributed by atoms with Gasteiger partial charge in [0.25, 0.3) is 0 Å². The minimum absolute atomic E-state index is 0.0188. The van der Waals surface area contributed by atoms with E-state index in [9.17, 15) is 13.2 Å². The molecule has 1 saturated carbocycles. The standard InChI is InChI=1S/C12H20N4O4S/c1-15(11-5-3-2-4-6-11)21(19,20)14-10-7-13-16(8-10)9-12(17)18/h7-8,11,14H,2-6,9H2,1H3,(H,17,18). The van der Waals surface area contributed by atoms with Gasteiger partial charge in [0.2, 0.25) is 0 Å². The first kappa shape index (κ1) is 15.8. The molecule has 1 aliphatic rings. The summed E-state index contributed by atoms with van der Waals surface area (Å²) < 4.78 is 29.5. The van der Waals surface area contributed by atoms with E-state index in [1.54, 1.807) is 7.05 Å². The van der Waals surface area contributed by atoms with Gasteiger partial charge in [0.1, 0.15) is 6.54 Å². The molecule has 1 fully saturated rings. The Morgan fingerprint density at radius 3 is 2.76 bits per heavy atom. The highest BCUT2D eigenvalue weighted by Crippen LogP contribution is 2.24. The number of nitrogens with zero attached hydrogens (tertiary/aromatic N) is 3. The molecule has 0 saturated heterocycles. The number of carbonyl (C=O) groups is 1. The number of hydrogen-bond donors (Lipinski definition) is 2. The van der Waals surface area contributed by atoms with Crippen molar-refractivity contribution in [2.45, 2.75) is 44.7 Å². The maximum absolute atomic E-state index is 12.3. The Bertz CT molecular complexity index is 592. The van der Waals surface area contributed by atoms with E-state index in [0.29, 0.717) is 0 Å². The molecule has 0 amide bonds. The summed E-state index contributed by atoms with van der Waals surface area (Å²) in [4.78, 5) is 10.6. The summed E-state index contributed by atoms with van der Waals surface area (Å²) in [7, 11) is -2.08. The van der Waals surface area contributed by atoms with Crippen molar-refractivity contribution in [3.8, 4) is 0 Å². The molecular weight excluding hydrogens is 296 g/mol. The Morgan fingerprint density at radius 2 is 2.14 bits per heavy atom. The van der Waals surface area contributed by atoms with Gasteiger partial charge in [0, 0.05) is 19.3 Å². The first-order valence-electron chi connectivity index (χ1n) is 6.88. The predicted octanol–water partition coefficient (Wildman–Crippen LogP) is 0.889. The quantitative estimate of drug-likeness (QED) is 0.811. The fourth-order valence-electron chi connectivity index (χ4n) is 2.50. The third-order valence-corrected chi connectivity index (χ3v) is 5.20. The van der Waals surface area contributed by atoms with Crippen molar-refractivity contribution in [1.29, 1.82) is 0 Å². The second-order valence-electron chi connectivity index (χ2n) is 5.24. The fraction of sp³-hybridized carbons (Fsp3) is 0.667. The van der Waals surface area contributed by atoms with Gasteiger partial charge >= 0.3 is 16.2 Å². The van der Waals surface area contributed by atoms with Crippen LogP contribution in [0.25, 0.3) is 0 Å². The molecule has 8 nitrogen and oxygen atoms in total. The Balaban J connectivity index is 2.02. The van der Waals surface area contributed by atoms with E-state index in [1.165, 1.54) is 21.4 Å². The van der Waals surface area contributed by atoms with E-state index in [1.807, 2.05) is 0 Å². The first-order valence-corrected chi connectivity index (χ1v) is 8.32. The van der Waals surface area contributed by atoms with Crippen molar-refractivity contribution in [2.24, 2.45) is 0 Å². The molecule has 0 radical (unpaired) electrons. The van der Waals surface area contributed by atoms with Gasteiger partial charge in [0.05, 0.1) is 11.9 Å². The smallest absolute Gasteiger partial charge is 0.325 e. The maximum Gasteiger partial charge on any atom is 0.325 e. The van der Waals surface area contributed by atoms with Crippen LogP contribution in [0.2, 0.25) is 0 Å². The van der Waals surface area contributed by atoms with Crippen LogP contribution in [0.3, 0.4) is 0 Å². The highest BCUT2D eigenvalue weighted by atomic mass is 32.2. The molecule has 0 aliphatic heterocycles. The molecule has 2 rings (SSSR count). The normalized spacial score (nSPS) is 17.0. The Morgan fingerprint density at radius 1 is 1.48 bits per heavy atom. The van der Waals surface area contributed by atoms with E-state index in [4.69, 9.17) is 5.11 Å². The van der Waals surface area contributed by atoms with Crippen LogP contribution < -0.4 is 4.72 Å². The lowest BCUT2D eigenvalue weighted by Gasteiger charge is -2.30. The molecule has 2 N–H and O–H groups in total. The van der Waals surface area contributed by atoms with Crippen LogP contribution >= 0.6 is 0 Å². The van der Waals surface area contributed by atoms with Gasteiger partial charge in [-0.15, -0.1) is 0 Å². The number of carboxylic acid groups (broad SMARTS) is 1. The number of aromatic nitrogens is 2. The predicted molar refractivity (Wildman–Crippen MR) is 77.0 cm³/mol. The second-order valence-corrected chi connectivity index (χ2v) is 6.97. The van der Waals surface area contributed by atoms with Crippen molar-refractivity contribution in [2.75, 3.05) is 11.8 Å². The van der Waals surface area contributed by atoms with Crippen LogP contribution in [-0.2, 0) is 21.5 Å². The zero-order valence-electron chi connectivity index (χ0n) is 11.9. The molecule has 0 unspecified atom stereocenters. The number of nitrogens with one attached hydrogen (secondary N) is 1. The maximum atomic E-state index is 12.3. The molecule has 1 aromatic rings. The summed E-state index contributed by atoms with van der Waals surface area (Å²) in [5, 5.41) is 12.5. The molecule has 1 heterocycles. The van der Waals surface area contributed by atoms with Crippen LogP contribution in [0, 0.1) is 0 Å². The van der Waals surface area contributed by atoms with Gasteiger partial charge in [-0.1, -0.05) is 19.3 Å². The third kappa shape index (κ3) is 4.18. The average molecular weight is 316 g/mol. The molecular formula is C12H20N4O4S. The van der Waals surface area contributed by atoms with Crippen LogP contribution in [0.5, 0.6) is 0 Å². The van der Waals surface area contributed by atoms with Crippen LogP contribution in [0.1, 0.15) is 32.1 Å². The number of anilines is 1. The largest absolute Gasteiger partial charge is 0.480 e. The summed E-state index contributed by atoms with van der Waals surface area (Å²) in [5.74, 6) is -1.04. The van der Waals surface area contributed by atoms with Crippen LogP contribution in [-0.4, -0.2) is 46.7 Å². The monoisotopic (exact) mass is 316 g/mol. The summed E-state index contributed by atoms with van der Waals surface area (Å²) in [6, 6.07) is 0.0188. The lowest BCUT2D eigenvalue weighted by Crippen LogP contribution is -2.41. The van der Waals surface area contributed by atoms with Crippen molar-refractivity contribution in [3.05, 3.63) is 12.4 Å². The zero-order valence-corrected chi connectivity index (χ0v) is 12.7. The van der Waals surface area contributed by atoms with Gasteiger partial charge in [-0.25, -0.2) is 0 Å². The third-order valence-electron chi connectivity index (χ3n) is 3.65. The minimum Gasteiger partial charge on any atom is -0.480 e. The Kier molecular flexibility index (Phi) is 4.84. The second kappa shape index (κ2) is 6.44. The van der Waals surface area contributed by atoms with E-state index in [-0.39, 0.29) is 18.3 Å². The van der Waals surface area contributed by atoms with Crippen molar-refractivity contribution in [1.82, 2.24) is 14.1 Å². The van der Waals surface area contributed by atoms with E-state index < -0.39 is 16.2 Å². The Hall–Kier alpha value is -1.61. The summed E-state index contributed by atoms with van der Waals surface area (Å²) >= 11 is 0. The van der Waals surface area contributed by atoms with Crippen LogP contribution in [0.4, 0.5) is 5.69 Å². The fourth-order valence-corrected chi connectivity index (χ4v) is 3.65. The molecule has 1 aromatic heterocycles. The zero-order chi connectivity index (χ0) is 15.5. The SMILES string of the molecule is CN(C1CCCCC1)S(=O)(=O)Nc1cnn(CC(=O)O)c1. The summed E-state index contributed by atoms with van der Waals surface area (Å²) in [5.41, 5.74) is 0.263. The van der Waals surface area contributed by atoms with Gasteiger partial charge < -0.3 is 5.11 Å². The lowest BCUT2D eigenvalue weighted by atomic mass is 9.96. The molecule has 21 heavy (non-hydrogen) atoms. The number of aliphatic carboxylic acids is 1. The minimum atomic E-state index is -3.65. The van der Waals surface area contributed by atoms with E-state index in [0.717, 1.165) is 32.1 Å². The molecule has 0 bridgehead atoms. The van der Waals surface area contributed by atoms with Crippen LogP contribution in [0.15, 0.2) is 12.4 Å². The average Bonchev–Trinajstić information content (AvgIpc) is 2.84. The van der Waals surface area contributed by atoms with Gasteiger partial charge in [-0.2, -0.15) is 17.8 Å². The number of rotatable bonds is 6. The van der Waals surface area contributed by atoms with Gasteiger partial charge in [-0.3, -0.25) is 14.2 Å². The molecule has 118 valence electrons. The van der Waals surface area contributed by atoms with Crippen molar-refractivity contribution < 1.29 is 18.3 Å². The first-order chi connectivity index (χ1) is 9.88. The number of carboxylic acids is 1. The van der Waals surface area contributed by atoms with Gasteiger partial charge in [0.15, 0.2) is 0 Å². The van der Waals surface area contributed by atoms with Gasteiger partial charge in [-0.05, 0) is 12.8 Å². The molecule has 1 aliphatic carbocycles. The molecule has 9 heteroatoms. The summed E-state index contributed by atoms with van der Waals surface area (Å²) in [6.45, 7) is -0.305. The van der Waals surface area contributed by atoms with Crippen molar-refractivity contribution in [3.63, 3.8) is 0 Å². The molecule has 0 atom stereocenters. The lowest BCUT2D eigenvalue weighted by molar-refractivity contribution is -0.137. The van der Waals surface area contributed by atoms with E-state index >= 15 is 0 Å². The number of hydrogen-bond acceptors (Lipinski definition) is 4. The summed E-state index contributed by atoms with van der Waals surface area (Å²) in [6.07, 6.45) is 7.64. The Labute approximate surface area is 123 Å².